The molecule has 0 radical (unpaired) electrons. The number of carbonyl (C=O) groups is 1. The molecular formula is C16H26N2O3. The molecule has 0 heterocycles. The van der Waals surface area contributed by atoms with Gasteiger partial charge in [-0.05, 0) is 18.5 Å². The zero-order chi connectivity index (χ0) is 15.8. The van der Waals surface area contributed by atoms with E-state index in [-0.39, 0.29) is 18.4 Å². The Kier molecular flexibility index (Phi) is 7.02. The Hall–Kier alpha value is -1.75. The van der Waals surface area contributed by atoms with Crippen molar-refractivity contribution in [2.75, 3.05) is 20.3 Å². The standard InChI is InChI=1S/C16H26N2O3/c1-11(2)8-18-9-13-5-6-14(20-4)7-15(13)21-10-12(3)16(17)19/h5-7,11-12,18H,8-10H2,1-4H3,(H2,17,19). The predicted octanol–water partition coefficient (Wildman–Crippen LogP) is 1.94. The molecule has 0 bridgehead atoms. The first-order valence-electron chi connectivity index (χ1n) is 7.23. The SMILES string of the molecule is COc1ccc(CNCC(C)C)c(OCC(C)C(N)=O)c1. The number of benzene rings is 1. The van der Waals surface area contributed by atoms with Crippen LogP contribution in [0.1, 0.15) is 26.3 Å². The third kappa shape index (κ3) is 6.04. The van der Waals surface area contributed by atoms with E-state index in [1.54, 1.807) is 14.0 Å². The fourth-order valence-electron chi connectivity index (χ4n) is 1.73. The summed E-state index contributed by atoms with van der Waals surface area (Å²) in [5.41, 5.74) is 6.29. The zero-order valence-corrected chi connectivity index (χ0v) is 13.3. The van der Waals surface area contributed by atoms with Crippen molar-refractivity contribution in [2.24, 2.45) is 17.6 Å². The quantitative estimate of drug-likeness (QED) is 0.730. The lowest BCUT2D eigenvalue weighted by molar-refractivity contribution is -0.122. The van der Waals surface area contributed by atoms with Gasteiger partial charge >= 0.3 is 0 Å². The molecule has 0 aliphatic rings. The molecule has 1 aromatic carbocycles. The van der Waals surface area contributed by atoms with Gasteiger partial charge in [0.1, 0.15) is 11.5 Å². The molecule has 1 aromatic rings. The molecule has 0 spiro atoms. The molecule has 0 saturated carbocycles. The molecule has 0 aromatic heterocycles. The molecule has 5 nitrogen and oxygen atoms in total. The summed E-state index contributed by atoms with van der Waals surface area (Å²) < 4.78 is 11.0. The van der Waals surface area contributed by atoms with Gasteiger partial charge < -0.3 is 20.5 Å². The van der Waals surface area contributed by atoms with Crippen molar-refractivity contribution in [3.8, 4) is 11.5 Å². The fraction of sp³-hybridized carbons (Fsp3) is 0.562. The number of amides is 1. The van der Waals surface area contributed by atoms with Gasteiger partial charge in [0.05, 0.1) is 19.6 Å². The molecule has 1 unspecified atom stereocenters. The lowest BCUT2D eigenvalue weighted by Gasteiger charge is -2.16. The van der Waals surface area contributed by atoms with Crippen molar-refractivity contribution in [1.82, 2.24) is 5.32 Å². The van der Waals surface area contributed by atoms with Crippen LogP contribution in [0, 0.1) is 11.8 Å². The molecule has 1 rings (SSSR count). The highest BCUT2D eigenvalue weighted by molar-refractivity contribution is 5.76. The second kappa shape index (κ2) is 8.52. The Bertz CT molecular complexity index is 461. The lowest BCUT2D eigenvalue weighted by atomic mass is 10.1. The Labute approximate surface area is 126 Å². The molecule has 21 heavy (non-hydrogen) atoms. The lowest BCUT2D eigenvalue weighted by Crippen LogP contribution is -2.26. The van der Waals surface area contributed by atoms with Crippen LogP contribution in [0.5, 0.6) is 11.5 Å². The summed E-state index contributed by atoms with van der Waals surface area (Å²) >= 11 is 0. The largest absolute Gasteiger partial charge is 0.497 e. The number of primary amides is 1. The van der Waals surface area contributed by atoms with E-state index in [0.29, 0.717) is 12.5 Å². The van der Waals surface area contributed by atoms with Crippen LogP contribution in [0.25, 0.3) is 0 Å². The first-order chi connectivity index (χ1) is 9.93. The first kappa shape index (κ1) is 17.3. The summed E-state index contributed by atoms with van der Waals surface area (Å²) in [6, 6.07) is 5.70. The molecule has 0 aliphatic heterocycles. The second-order valence-corrected chi connectivity index (χ2v) is 5.61. The average Bonchev–Trinajstić information content (AvgIpc) is 2.45. The maximum Gasteiger partial charge on any atom is 0.223 e. The van der Waals surface area contributed by atoms with Crippen LogP contribution in [-0.2, 0) is 11.3 Å². The number of hydrogen-bond donors (Lipinski definition) is 2. The van der Waals surface area contributed by atoms with Crippen LogP contribution in [0.2, 0.25) is 0 Å². The van der Waals surface area contributed by atoms with E-state index in [4.69, 9.17) is 15.2 Å². The summed E-state index contributed by atoms with van der Waals surface area (Å²) in [6.07, 6.45) is 0. The molecule has 0 aliphatic carbocycles. The Morgan fingerprint density at radius 3 is 2.62 bits per heavy atom. The Morgan fingerprint density at radius 1 is 1.33 bits per heavy atom. The number of nitrogens with one attached hydrogen (secondary N) is 1. The monoisotopic (exact) mass is 294 g/mol. The number of carbonyl (C=O) groups excluding carboxylic acids is 1. The number of ether oxygens (including phenoxy) is 2. The predicted molar refractivity (Wildman–Crippen MR) is 83.4 cm³/mol. The number of hydrogen-bond acceptors (Lipinski definition) is 4. The van der Waals surface area contributed by atoms with Crippen LogP contribution in [-0.4, -0.2) is 26.2 Å². The van der Waals surface area contributed by atoms with E-state index >= 15 is 0 Å². The van der Waals surface area contributed by atoms with Gasteiger partial charge in [-0.2, -0.15) is 0 Å². The normalized spacial score (nSPS) is 12.2. The van der Waals surface area contributed by atoms with Crippen LogP contribution in [0.4, 0.5) is 0 Å². The molecule has 5 heteroatoms. The number of methoxy groups -OCH3 is 1. The van der Waals surface area contributed by atoms with Crippen molar-refractivity contribution in [3.63, 3.8) is 0 Å². The third-order valence-electron chi connectivity index (χ3n) is 3.12. The van der Waals surface area contributed by atoms with E-state index in [1.165, 1.54) is 0 Å². The molecule has 3 N–H and O–H groups in total. The van der Waals surface area contributed by atoms with Crippen molar-refractivity contribution in [2.45, 2.75) is 27.3 Å². The van der Waals surface area contributed by atoms with Crippen LogP contribution < -0.4 is 20.5 Å². The van der Waals surface area contributed by atoms with Gasteiger partial charge in [0, 0.05) is 18.2 Å². The molecule has 0 saturated heterocycles. The smallest absolute Gasteiger partial charge is 0.223 e. The van der Waals surface area contributed by atoms with Gasteiger partial charge in [0.2, 0.25) is 5.91 Å². The van der Waals surface area contributed by atoms with Crippen molar-refractivity contribution < 1.29 is 14.3 Å². The minimum atomic E-state index is -0.364. The zero-order valence-electron chi connectivity index (χ0n) is 13.3. The van der Waals surface area contributed by atoms with Crippen LogP contribution in [0.15, 0.2) is 18.2 Å². The summed E-state index contributed by atoms with van der Waals surface area (Å²) in [7, 11) is 1.61. The van der Waals surface area contributed by atoms with Crippen LogP contribution in [0.3, 0.4) is 0 Å². The fourth-order valence-corrected chi connectivity index (χ4v) is 1.73. The minimum Gasteiger partial charge on any atom is -0.497 e. The van der Waals surface area contributed by atoms with Gasteiger partial charge in [0.25, 0.3) is 0 Å². The van der Waals surface area contributed by atoms with Gasteiger partial charge in [-0.3, -0.25) is 4.79 Å². The highest BCUT2D eigenvalue weighted by Gasteiger charge is 2.12. The average molecular weight is 294 g/mol. The topological polar surface area (TPSA) is 73.6 Å². The van der Waals surface area contributed by atoms with Gasteiger partial charge in [-0.15, -0.1) is 0 Å². The van der Waals surface area contributed by atoms with E-state index in [1.807, 2.05) is 18.2 Å². The summed E-state index contributed by atoms with van der Waals surface area (Å²) in [5.74, 6) is 1.34. The second-order valence-electron chi connectivity index (χ2n) is 5.61. The van der Waals surface area contributed by atoms with Crippen molar-refractivity contribution >= 4 is 5.91 Å². The van der Waals surface area contributed by atoms with E-state index in [9.17, 15) is 4.79 Å². The Morgan fingerprint density at radius 2 is 2.05 bits per heavy atom. The Balaban J connectivity index is 2.74. The first-order valence-corrected chi connectivity index (χ1v) is 7.23. The number of nitrogens with two attached hydrogens (primary N) is 1. The van der Waals surface area contributed by atoms with Crippen LogP contribution >= 0.6 is 0 Å². The van der Waals surface area contributed by atoms with Crippen molar-refractivity contribution in [3.05, 3.63) is 23.8 Å². The minimum absolute atomic E-state index is 0.264. The van der Waals surface area contributed by atoms with Gasteiger partial charge in [-0.1, -0.05) is 26.8 Å². The molecule has 0 fully saturated rings. The van der Waals surface area contributed by atoms with E-state index in [2.05, 4.69) is 19.2 Å². The number of rotatable bonds is 9. The van der Waals surface area contributed by atoms with E-state index in [0.717, 1.165) is 23.6 Å². The summed E-state index contributed by atoms with van der Waals surface area (Å²) in [4.78, 5) is 11.1. The highest BCUT2D eigenvalue weighted by Crippen LogP contribution is 2.25. The molecule has 1 atom stereocenters. The van der Waals surface area contributed by atoms with Gasteiger partial charge in [-0.25, -0.2) is 0 Å². The summed E-state index contributed by atoms with van der Waals surface area (Å²) in [5, 5.41) is 3.38. The maximum absolute atomic E-state index is 11.1. The highest BCUT2D eigenvalue weighted by atomic mass is 16.5. The molecule has 118 valence electrons. The molecular weight excluding hydrogens is 268 g/mol. The van der Waals surface area contributed by atoms with E-state index < -0.39 is 0 Å². The third-order valence-corrected chi connectivity index (χ3v) is 3.12. The summed E-state index contributed by atoms with van der Waals surface area (Å²) in [6.45, 7) is 7.98. The molecule has 1 amide bonds. The van der Waals surface area contributed by atoms with Gasteiger partial charge in [0.15, 0.2) is 0 Å². The maximum atomic E-state index is 11.1. The van der Waals surface area contributed by atoms with Crippen molar-refractivity contribution in [1.29, 1.82) is 0 Å².